The molecule has 2 aliphatic heterocycles. The van der Waals surface area contributed by atoms with Crippen molar-refractivity contribution in [1.29, 1.82) is 0 Å². The van der Waals surface area contributed by atoms with Crippen LogP contribution in [0.3, 0.4) is 0 Å². The zero-order chi connectivity index (χ0) is 24.7. The van der Waals surface area contributed by atoms with Crippen molar-refractivity contribution >= 4 is 40.4 Å². The average molecular weight is 521 g/mol. The first-order valence-corrected chi connectivity index (χ1v) is 13.9. The predicted octanol–water partition coefficient (Wildman–Crippen LogP) is 5.35. The van der Waals surface area contributed by atoms with Gasteiger partial charge in [0.2, 0.25) is 0 Å². The van der Waals surface area contributed by atoms with Gasteiger partial charge in [0.1, 0.15) is 4.88 Å². The van der Waals surface area contributed by atoms with Gasteiger partial charge in [-0.3, -0.25) is 14.6 Å². The summed E-state index contributed by atoms with van der Waals surface area (Å²) in [6, 6.07) is 11.8. The molecular formula is C28H29ClN4O2S. The summed E-state index contributed by atoms with van der Waals surface area (Å²) >= 11 is 7.50. The van der Waals surface area contributed by atoms with Crippen molar-refractivity contribution < 1.29 is 9.59 Å². The number of benzene rings is 1. The molecule has 6 rings (SSSR count). The molecule has 1 aliphatic carbocycles. The van der Waals surface area contributed by atoms with Gasteiger partial charge in [-0.05, 0) is 84.4 Å². The van der Waals surface area contributed by atoms with Gasteiger partial charge in [-0.2, -0.15) is 0 Å². The highest BCUT2D eigenvalue weighted by Gasteiger charge is 2.42. The monoisotopic (exact) mass is 520 g/mol. The first kappa shape index (κ1) is 23.5. The van der Waals surface area contributed by atoms with Gasteiger partial charge in [0.05, 0.1) is 11.1 Å². The number of piperidine rings is 1. The van der Waals surface area contributed by atoms with E-state index >= 15 is 0 Å². The topological polar surface area (TPSA) is 65.5 Å². The van der Waals surface area contributed by atoms with E-state index in [9.17, 15) is 9.59 Å². The van der Waals surface area contributed by atoms with Crippen LogP contribution in [0, 0.1) is 5.41 Å². The maximum atomic E-state index is 13.5. The lowest BCUT2D eigenvalue weighted by Gasteiger charge is -2.40. The van der Waals surface area contributed by atoms with E-state index in [-0.39, 0.29) is 23.3 Å². The van der Waals surface area contributed by atoms with E-state index in [1.807, 2.05) is 34.8 Å². The highest BCUT2D eigenvalue weighted by molar-refractivity contribution is 7.12. The summed E-state index contributed by atoms with van der Waals surface area (Å²) < 4.78 is 0. The maximum absolute atomic E-state index is 13.5. The number of aromatic nitrogens is 1. The lowest BCUT2D eigenvalue weighted by Crippen LogP contribution is -2.42. The van der Waals surface area contributed by atoms with Crippen molar-refractivity contribution in [2.45, 2.75) is 38.1 Å². The molecule has 36 heavy (non-hydrogen) atoms. The van der Waals surface area contributed by atoms with Gasteiger partial charge >= 0.3 is 0 Å². The number of aryl methyl sites for hydroxylation is 1. The minimum atomic E-state index is -0.149. The van der Waals surface area contributed by atoms with Crippen LogP contribution in [0.25, 0.3) is 0 Å². The number of thiophene rings is 1. The number of anilines is 1. The second-order valence-electron chi connectivity index (χ2n) is 10.2. The Morgan fingerprint density at radius 1 is 1.06 bits per heavy atom. The summed E-state index contributed by atoms with van der Waals surface area (Å²) in [5.41, 5.74) is 4.42. The largest absolute Gasteiger partial charge is 0.371 e. The SMILES string of the molecule is O=C(NC1CCc2ccc(C(=O)N3CCC4(CCN(c5ccncc5)CC4)C3)cc21)c1sccc1Cl. The lowest BCUT2D eigenvalue weighted by atomic mass is 9.77. The zero-order valence-electron chi connectivity index (χ0n) is 20.1. The third kappa shape index (κ3) is 4.39. The first-order chi connectivity index (χ1) is 17.5. The molecule has 1 spiro atoms. The van der Waals surface area contributed by atoms with Crippen molar-refractivity contribution in [3.05, 3.63) is 80.8 Å². The minimum Gasteiger partial charge on any atom is -0.371 e. The van der Waals surface area contributed by atoms with E-state index in [4.69, 9.17) is 11.6 Å². The molecule has 3 aliphatic rings. The molecule has 6 nitrogen and oxygen atoms in total. The molecule has 1 aromatic carbocycles. The fraction of sp³-hybridized carbons (Fsp3) is 0.393. The molecule has 0 radical (unpaired) electrons. The van der Waals surface area contributed by atoms with Gasteiger partial charge in [-0.1, -0.05) is 17.7 Å². The number of nitrogens with zero attached hydrogens (tertiary/aromatic N) is 3. The Bertz CT molecular complexity index is 1290. The molecule has 186 valence electrons. The number of amides is 2. The number of likely N-dealkylation sites (tertiary alicyclic amines) is 1. The summed E-state index contributed by atoms with van der Waals surface area (Å²) in [6.07, 6.45) is 8.69. The van der Waals surface area contributed by atoms with Gasteiger partial charge < -0.3 is 15.1 Å². The number of pyridine rings is 1. The van der Waals surface area contributed by atoms with Crippen LogP contribution in [0.4, 0.5) is 5.69 Å². The van der Waals surface area contributed by atoms with Crippen LogP contribution >= 0.6 is 22.9 Å². The highest BCUT2D eigenvalue weighted by Crippen LogP contribution is 2.42. The van der Waals surface area contributed by atoms with Crippen molar-refractivity contribution in [2.75, 3.05) is 31.1 Å². The third-order valence-corrected chi connectivity index (χ3v) is 9.52. The standard InChI is InChI=1S/C28H29ClN4O2S/c29-23-7-16-36-25(23)26(34)31-24-4-3-19-1-2-20(17-22(19)24)27(35)33-15-10-28(18-33)8-13-32(14-9-28)21-5-11-30-12-6-21/h1-2,5-7,11-12,16-17,24H,3-4,8-10,13-15,18H2,(H,31,34). The predicted molar refractivity (Wildman–Crippen MR) is 143 cm³/mol. The number of carbonyl (C=O) groups excluding carboxylic acids is 2. The number of carbonyl (C=O) groups is 2. The Morgan fingerprint density at radius 3 is 2.58 bits per heavy atom. The number of hydrogen-bond donors (Lipinski definition) is 1. The normalized spacial score (nSPS) is 20.5. The molecule has 1 atom stereocenters. The number of hydrogen-bond acceptors (Lipinski definition) is 5. The average Bonchev–Trinajstić information content (AvgIpc) is 3.63. The van der Waals surface area contributed by atoms with Gasteiger partial charge in [0.25, 0.3) is 11.8 Å². The number of nitrogens with one attached hydrogen (secondary N) is 1. The fourth-order valence-corrected chi connectivity index (χ4v) is 7.10. The van der Waals surface area contributed by atoms with Crippen molar-refractivity contribution in [3.8, 4) is 0 Å². The molecule has 4 heterocycles. The Hall–Kier alpha value is -2.90. The summed E-state index contributed by atoms with van der Waals surface area (Å²) in [5, 5.41) is 5.43. The molecule has 1 N–H and O–H groups in total. The van der Waals surface area contributed by atoms with Crippen LogP contribution in [-0.2, 0) is 6.42 Å². The van der Waals surface area contributed by atoms with Crippen LogP contribution in [0.1, 0.15) is 62.9 Å². The molecule has 2 saturated heterocycles. The van der Waals surface area contributed by atoms with Gasteiger partial charge in [-0.15, -0.1) is 11.3 Å². The lowest BCUT2D eigenvalue weighted by molar-refractivity contribution is 0.0764. The van der Waals surface area contributed by atoms with Gasteiger partial charge in [0.15, 0.2) is 0 Å². The molecule has 2 amide bonds. The highest BCUT2D eigenvalue weighted by atomic mass is 35.5. The molecule has 0 bridgehead atoms. The quantitative estimate of drug-likeness (QED) is 0.504. The van der Waals surface area contributed by atoms with Crippen molar-refractivity contribution in [1.82, 2.24) is 15.2 Å². The number of fused-ring (bicyclic) bond motifs is 1. The van der Waals surface area contributed by atoms with Crippen molar-refractivity contribution in [3.63, 3.8) is 0 Å². The van der Waals surface area contributed by atoms with E-state index in [0.717, 1.165) is 69.4 Å². The zero-order valence-corrected chi connectivity index (χ0v) is 21.7. The van der Waals surface area contributed by atoms with Gasteiger partial charge in [0, 0.05) is 49.8 Å². The minimum absolute atomic E-state index is 0.0964. The second-order valence-corrected chi connectivity index (χ2v) is 11.6. The van der Waals surface area contributed by atoms with Crippen LogP contribution in [-0.4, -0.2) is 47.9 Å². The van der Waals surface area contributed by atoms with E-state index in [1.54, 1.807) is 6.07 Å². The summed E-state index contributed by atoms with van der Waals surface area (Å²) in [7, 11) is 0. The molecule has 2 fully saturated rings. The number of halogens is 1. The fourth-order valence-electron chi connectivity index (χ4n) is 6.06. The molecule has 0 saturated carbocycles. The van der Waals surface area contributed by atoms with E-state index < -0.39 is 0 Å². The third-order valence-electron chi connectivity index (χ3n) is 8.18. The maximum Gasteiger partial charge on any atom is 0.263 e. The van der Waals surface area contributed by atoms with Crippen molar-refractivity contribution in [2.24, 2.45) is 5.41 Å². The second kappa shape index (κ2) is 9.52. The summed E-state index contributed by atoms with van der Waals surface area (Å²) in [6.45, 7) is 3.66. The Balaban J connectivity index is 1.12. The summed E-state index contributed by atoms with van der Waals surface area (Å²) in [5.74, 6) is -0.0475. The molecular weight excluding hydrogens is 492 g/mol. The molecule has 8 heteroatoms. The van der Waals surface area contributed by atoms with Crippen LogP contribution in [0.15, 0.2) is 54.2 Å². The van der Waals surface area contributed by atoms with Gasteiger partial charge in [-0.25, -0.2) is 0 Å². The Labute approximate surface area is 220 Å². The molecule has 1 unspecified atom stereocenters. The van der Waals surface area contributed by atoms with E-state index in [2.05, 4.69) is 33.4 Å². The van der Waals surface area contributed by atoms with E-state index in [0.29, 0.717) is 9.90 Å². The molecule has 3 aromatic rings. The Morgan fingerprint density at radius 2 is 1.83 bits per heavy atom. The summed E-state index contributed by atoms with van der Waals surface area (Å²) in [4.78, 5) is 35.4. The Kier molecular flexibility index (Phi) is 6.21. The van der Waals surface area contributed by atoms with Crippen LogP contribution in [0.2, 0.25) is 5.02 Å². The van der Waals surface area contributed by atoms with Crippen LogP contribution in [0.5, 0.6) is 0 Å². The van der Waals surface area contributed by atoms with Crippen LogP contribution < -0.4 is 10.2 Å². The first-order valence-electron chi connectivity index (χ1n) is 12.6. The number of rotatable bonds is 4. The smallest absolute Gasteiger partial charge is 0.263 e. The van der Waals surface area contributed by atoms with E-state index in [1.165, 1.54) is 22.6 Å². The molecule has 2 aromatic heterocycles.